The van der Waals surface area contributed by atoms with E-state index >= 15 is 0 Å². The molecule has 1 fully saturated rings. The summed E-state index contributed by atoms with van der Waals surface area (Å²) in [6.07, 6.45) is 6.22. The fourth-order valence-corrected chi connectivity index (χ4v) is 5.69. The number of carbonyl (C=O) groups is 1. The molecule has 4 nitrogen and oxygen atoms in total. The molecule has 5 heteroatoms. The van der Waals surface area contributed by atoms with E-state index in [0.29, 0.717) is 12.1 Å². The fourth-order valence-electron chi connectivity index (χ4n) is 4.64. The SMILES string of the molecule is CCC(N1CCCCC1)N1c2ccccc2Sc2ccc(C(=O)NCCC(C)C)cc21. The summed E-state index contributed by atoms with van der Waals surface area (Å²) in [7, 11) is 0. The third-order valence-electron chi connectivity index (χ3n) is 6.31. The molecule has 0 saturated carbocycles. The number of nitrogens with zero attached hydrogens (tertiary/aromatic N) is 2. The molecule has 1 saturated heterocycles. The first kappa shape index (κ1) is 22.2. The van der Waals surface area contributed by atoms with Crippen LogP contribution in [0.15, 0.2) is 52.3 Å². The van der Waals surface area contributed by atoms with Crippen LogP contribution in [0.2, 0.25) is 0 Å². The second kappa shape index (κ2) is 10.1. The summed E-state index contributed by atoms with van der Waals surface area (Å²) in [5, 5.41) is 3.10. The van der Waals surface area contributed by atoms with Crippen LogP contribution in [-0.4, -0.2) is 36.6 Å². The number of benzene rings is 2. The molecule has 4 rings (SSSR count). The van der Waals surface area contributed by atoms with Crippen molar-refractivity contribution in [2.75, 3.05) is 24.5 Å². The van der Waals surface area contributed by atoms with E-state index in [2.05, 4.69) is 72.3 Å². The molecule has 2 aliphatic heterocycles. The van der Waals surface area contributed by atoms with E-state index in [0.717, 1.165) is 43.7 Å². The fraction of sp³-hybridized carbons (Fsp3) is 0.500. The first-order valence-corrected chi connectivity index (χ1v) is 12.6. The zero-order valence-corrected chi connectivity index (χ0v) is 19.9. The molecule has 2 aromatic carbocycles. The van der Waals surface area contributed by atoms with E-state index in [1.165, 1.54) is 34.7 Å². The summed E-state index contributed by atoms with van der Waals surface area (Å²) in [5.41, 5.74) is 3.17. The Balaban J connectivity index is 1.68. The lowest BCUT2D eigenvalue weighted by Crippen LogP contribution is -2.49. The third-order valence-corrected chi connectivity index (χ3v) is 7.44. The van der Waals surface area contributed by atoms with Gasteiger partial charge in [-0.15, -0.1) is 0 Å². The number of nitrogens with one attached hydrogen (secondary N) is 1. The number of piperidine rings is 1. The van der Waals surface area contributed by atoms with Gasteiger partial charge in [0, 0.05) is 35.0 Å². The highest BCUT2D eigenvalue weighted by Crippen LogP contribution is 2.50. The van der Waals surface area contributed by atoms with Crippen molar-refractivity contribution in [1.82, 2.24) is 10.2 Å². The first-order valence-electron chi connectivity index (χ1n) is 11.8. The van der Waals surface area contributed by atoms with Crippen LogP contribution in [-0.2, 0) is 0 Å². The maximum absolute atomic E-state index is 12.9. The molecular weight excluding hydrogens is 402 g/mol. The lowest BCUT2D eigenvalue weighted by atomic mass is 10.1. The number of hydrogen-bond donors (Lipinski definition) is 1. The van der Waals surface area contributed by atoms with Gasteiger partial charge in [-0.1, -0.05) is 51.1 Å². The Morgan fingerprint density at radius 2 is 1.77 bits per heavy atom. The lowest BCUT2D eigenvalue weighted by Gasteiger charge is -2.45. The molecule has 0 radical (unpaired) electrons. The Hall–Kier alpha value is -1.98. The van der Waals surface area contributed by atoms with E-state index in [4.69, 9.17) is 0 Å². The quantitative estimate of drug-likeness (QED) is 0.552. The van der Waals surface area contributed by atoms with Gasteiger partial charge in [-0.2, -0.15) is 0 Å². The topological polar surface area (TPSA) is 35.6 Å². The van der Waals surface area contributed by atoms with Crippen molar-refractivity contribution in [2.24, 2.45) is 5.92 Å². The van der Waals surface area contributed by atoms with Gasteiger partial charge in [0.15, 0.2) is 0 Å². The van der Waals surface area contributed by atoms with Gasteiger partial charge >= 0.3 is 0 Å². The number of rotatable bonds is 7. The van der Waals surface area contributed by atoms with E-state index < -0.39 is 0 Å². The van der Waals surface area contributed by atoms with Crippen molar-refractivity contribution in [3.05, 3.63) is 48.0 Å². The van der Waals surface area contributed by atoms with Gasteiger partial charge in [0.25, 0.3) is 5.91 Å². The summed E-state index contributed by atoms with van der Waals surface area (Å²) in [5.74, 6) is 0.611. The largest absolute Gasteiger partial charge is 0.352 e. The average molecular weight is 438 g/mol. The molecule has 1 atom stereocenters. The third kappa shape index (κ3) is 4.93. The zero-order valence-electron chi connectivity index (χ0n) is 19.1. The summed E-state index contributed by atoms with van der Waals surface area (Å²) in [6.45, 7) is 9.67. The van der Waals surface area contributed by atoms with Gasteiger partial charge in [0.05, 0.1) is 17.5 Å². The highest BCUT2D eigenvalue weighted by Gasteiger charge is 2.32. The summed E-state index contributed by atoms with van der Waals surface area (Å²) < 4.78 is 0. The van der Waals surface area contributed by atoms with Gasteiger partial charge < -0.3 is 10.2 Å². The molecule has 31 heavy (non-hydrogen) atoms. The standard InChI is InChI=1S/C26H35N3OS/c1-4-25(28-16-8-5-9-17-28)29-21-10-6-7-11-23(21)31-24-13-12-20(18-22(24)29)26(30)27-15-14-19(2)3/h6-7,10-13,18-19,25H,4-5,8-9,14-17H2,1-3H3,(H,27,30). The first-order chi connectivity index (χ1) is 15.1. The molecule has 1 N–H and O–H groups in total. The molecule has 2 aromatic rings. The maximum atomic E-state index is 12.9. The van der Waals surface area contributed by atoms with E-state index in [9.17, 15) is 4.79 Å². The second-order valence-electron chi connectivity index (χ2n) is 9.05. The Morgan fingerprint density at radius 1 is 1.03 bits per heavy atom. The van der Waals surface area contributed by atoms with Gasteiger partial charge in [0.2, 0.25) is 0 Å². The van der Waals surface area contributed by atoms with Gasteiger partial charge in [0.1, 0.15) is 0 Å². The lowest BCUT2D eigenvalue weighted by molar-refractivity contribution is 0.0952. The van der Waals surface area contributed by atoms with Crippen LogP contribution >= 0.6 is 11.8 Å². The van der Waals surface area contributed by atoms with Crippen LogP contribution in [0.5, 0.6) is 0 Å². The minimum Gasteiger partial charge on any atom is -0.352 e. The number of anilines is 2. The summed E-state index contributed by atoms with van der Waals surface area (Å²) in [6, 6.07) is 14.9. The van der Waals surface area contributed by atoms with Crippen LogP contribution in [0.4, 0.5) is 11.4 Å². The van der Waals surface area contributed by atoms with Crippen molar-refractivity contribution < 1.29 is 4.79 Å². The molecule has 0 aromatic heterocycles. The minimum atomic E-state index is 0.0262. The van der Waals surface area contributed by atoms with Gasteiger partial charge in [-0.3, -0.25) is 9.69 Å². The number of fused-ring (bicyclic) bond motifs is 2. The molecule has 1 unspecified atom stereocenters. The van der Waals surface area contributed by atoms with Crippen LogP contribution < -0.4 is 10.2 Å². The monoisotopic (exact) mass is 437 g/mol. The van der Waals surface area contributed by atoms with Crippen LogP contribution in [0.1, 0.15) is 63.2 Å². The number of carbonyl (C=O) groups excluding carboxylic acids is 1. The normalized spacial score (nSPS) is 17.2. The molecule has 2 aliphatic rings. The predicted octanol–water partition coefficient (Wildman–Crippen LogP) is 6.29. The van der Waals surface area contributed by atoms with E-state index in [1.807, 2.05) is 17.8 Å². The smallest absolute Gasteiger partial charge is 0.251 e. The van der Waals surface area contributed by atoms with Crippen molar-refractivity contribution in [3.8, 4) is 0 Å². The van der Waals surface area contributed by atoms with E-state index in [1.54, 1.807) is 0 Å². The van der Waals surface area contributed by atoms with Crippen molar-refractivity contribution in [3.63, 3.8) is 0 Å². The Labute approximate surface area is 191 Å². The molecule has 0 spiro atoms. The Kier molecular flexibility index (Phi) is 7.24. The van der Waals surface area contributed by atoms with Crippen molar-refractivity contribution in [1.29, 1.82) is 0 Å². The molecule has 0 aliphatic carbocycles. The molecular formula is C26H35N3OS. The highest BCUT2D eigenvalue weighted by molar-refractivity contribution is 7.99. The van der Waals surface area contributed by atoms with E-state index in [-0.39, 0.29) is 5.91 Å². The molecule has 1 amide bonds. The average Bonchev–Trinajstić information content (AvgIpc) is 2.79. The summed E-state index contributed by atoms with van der Waals surface area (Å²) >= 11 is 1.81. The van der Waals surface area contributed by atoms with Crippen molar-refractivity contribution in [2.45, 2.75) is 68.8 Å². The maximum Gasteiger partial charge on any atom is 0.251 e. The number of para-hydroxylation sites is 1. The Morgan fingerprint density at radius 3 is 2.52 bits per heavy atom. The Bertz CT molecular complexity index is 907. The minimum absolute atomic E-state index is 0.0262. The van der Waals surface area contributed by atoms with Crippen LogP contribution in [0.25, 0.3) is 0 Å². The van der Waals surface area contributed by atoms with Crippen molar-refractivity contribution >= 4 is 29.0 Å². The molecule has 2 heterocycles. The second-order valence-corrected chi connectivity index (χ2v) is 10.1. The number of amides is 1. The number of hydrogen-bond acceptors (Lipinski definition) is 4. The highest BCUT2D eigenvalue weighted by atomic mass is 32.2. The molecule has 166 valence electrons. The van der Waals surface area contributed by atoms with Crippen LogP contribution in [0.3, 0.4) is 0 Å². The zero-order chi connectivity index (χ0) is 21.8. The number of likely N-dealkylation sites (tertiary alicyclic amines) is 1. The predicted molar refractivity (Wildman–Crippen MR) is 130 cm³/mol. The van der Waals surface area contributed by atoms with Gasteiger partial charge in [-0.05, 0) is 61.9 Å². The summed E-state index contributed by atoms with van der Waals surface area (Å²) in [4.78, 5) is 20.5. The van der Waals surface area contributed by atoms with Crippen LogP contribution in [0, 0.1) is 5.92 Å². The van der Waals surface area contributed by atoms with Gasteiger partial charge in [-0.25, -0.2) is 0 Å². The molecule has 0 bridgehead atoms.